The Labute approximate surface area is 135 Å². The lowest BCUT2D eigenvalue weighted by Crippen LogP contribution is -2.37. The monoisotopic (exact) mass is 318 g/mol. The summed E-state index contributed by atoms with van der Waals surface area (Å²) in [6.45, 7) is 4.31. The van der Waals surface area contributed by atoms with Crippen molar-refractivity contribution in [1.29, 1.82) is 0 Å². The zero-order valence-electron chi connectivity index (χ0n) is 13.5. The summed E-state index contributed by atoms with van der Waals surface area (Å²) >= 11 is 0. The third kappa shape index (κ3) is 4.09. The van der Waals surface area contributed by atoms with Gasteiger partial charge in [-0.15, -0.1) is 0 Å². The first kappa shape index (κ1) is 17.0. The molecule has 1 aromatic carbocycles. The molecule has 0 saturated carbocycles. The fourth-order valence-corrected chi connectivity index (χ4v) is 2.60. The molecule has 1 saturated heterocycles. The second-order valence-electron chi connectivity index (χ2n) is 5.66. The molecule has 0 bridgehead atoms. The van der Waals surface area contributed by atoms with Crippen molar-refractivity contribution in [3.05, 3.63) is 35.9 Å². The molecule has 0 unspecified atom stereocenters. The molecule has 1 aliphatic rings. The van der Waals surface area contributed by atoms with Crippen LogP contribution in [0.4, 0.5) is 4.79 Å². The van der Waals surface area contributed by atoms with Crippen LogP contribution in [-0.2, 0) is 14.3 Å². The number of urea groups is 1. The van der Waals surface area contributed by atoms with Crippen molar-refractivity contribution < 1.29 is 19.1 Å². The predicted molar refractivity (Wildman–Crippen MR) is 84.7 cm³/mol. The fraction of sp³-hybridized carbons (Fsp3) is 0.471. The first-order valence-electron chi connectivity index (χ1n) is 7.84. The van der Waals surface area contributed by atoms with E-state index in [2.05, 4.69) is 5.32 Å². The maximum absolute atomic E-state index is 12.5. The second kappa shape index (κ2) is 7.76. The number of amides is 3. The van der Waals surface area contributed by atoms with Gasteiger partial charge in [0.1, 0.15) is 0 Å². The Morgan fingerprint density at radius 1 is 1.30 bits per heavy atom. The van der Waals surface area contributed by atoms with Crippen molar-refractivity contribution in [2.45, 2.75) is 26.2 Å². The third-order valence-electron chi connectivity index (χ3n) is 4.12. The number of ether oxygens (including phenoxy) is 1. The highest BCUT2D eigenvalue weighted by atomic mass is 16.5. The lowest BCUT2D eigenvalue weighted by Gasteiger charge is -2.22. The van der Waals surface area contributed by atoms with Gasteiger partial charge in [0.05, 0.1) is 5.92 Å². The van der Waals surface area contributed by atoms with E-state index in [0.717, 1.165) is 16.9 Å². The highest BCUT2D eigenvalue weighted by molar-refractivity contribution is 5.97. The van der Waals surface area contributed by atoms with Crippen molar-refractivity contribution in [2.75, 3.05) is 19.7 Å². The molecule has 2 rings (SSSR count). The van der Waals surface area contributed by atoms with Gasteiger partial charge in [-0.3, -0.25) is 14.5 Å². The molecule has 6 nitrogen and oxygen atoms in total. The number of hydrogen-bond donors (Lipinski definition) is 1. The SMILES string of the molecule is CC[C@H](C)[C@H](C(=O)OCC(=O)N1CCNC1=O)c1ccccc1. The Hall–Kier alpha value is -2.37. The zero-order chi connectivity index (χ0) is 16.8. The number of carbonyl (C=O) groups is 3. The smallest absolute Gasteiger partial charge is 0.324 e. The number of carbonyl (C=O) groups excluding carboxylic acids is 3. The Morgan fingerprint density at radius 3 is 2.57 bits per heavy atom. The van der Waals surface area contributed by atoms with Crippen LogP contribution in [-0.4, -0.2) is 42.5 Å². The molecule has 1 fully saturated rings. The van der Waals surface area contributed by atoms with Crippen LogP contribution in [0.2, 0.25) is 0 Å². The fourth-order valence-electron chi connectivity index (χ4n) is 2.60. The van der Waals surface area contributed by atoms with Crippen LogP contribution in [0.15, 0.2) is 30.3 Å². The number of esters is 1. The van der Waals surface area contributed by atoms with Crippen LogP contribution in [0.3, 0.4) is 0 Å². The third-order valence-corrected chi connectivity index (χ3v) is 4.12. The van der Waals surface area contributed by atoms with Crippen LogP contribution >= 0.6 is 0 Å². The van der Waals surface area contributed by atoms with Gasteiger partial charge in [-0.2, -0.15) is 0 Å². The van der Waals surface area contributed by atoms with Gasteiger partial charge in [0.25, 0.3) is 5.91 Å². The summed E-state index contributed by atoms with van der Waals surface area (Å²) in [5.74, 6) is -1.25. The zero-order valence-corrected chi connectivity index (χ0v) is 13.5. The summed E-state index contributed by atoms with van der Waals surface area (Å²) in [6.07, 6.45) is 0.817. The van der Waals surface area contributed by atoms with Crippen molar-refractivity contribution in [2.24, 2.45) is 5.92 Å². The van der Waals surface area contributed by atoms with Crippen LogP contribution in [0.5, 0.6) is 0 Å². The maximum Gasteiger partial charge on any atom is 0.324 e. The van der Waals surface area contributed by atoms with Gasteiger partial charge in [-0.25, -0.2) is 4.79 Å². The molecular weight excluding hydrogens is 296 g/mol. The lowest BCUT2D eigenvalue weighted by atomic mass is 9.86. The van der Waals surface area contributed by atoms with E-state index in [1.165, 1.54) is 0 Å². The quantitative estimate of drug-likeness (QED) is 0.813. The van der Waals surface area contributed by atoms with Gasteiger partial charge in [0.15, 0.2) is 6.61 Å². The molecule has 124 valence electrons. The average Bonchev–Trinajstić information content (AvgIpc) is 2.99. The summed E-state index contributed by atoms with van der Waals surface area (Å²) < 4.78 is 5.19. The van der Waals surface area contributed by atoms with Crippen molar-refractivity contribution in [1.82, 2.24) is 10.2 Å². The first-order chi connectivity index (χ1) is 11.0. The van der Waals surface area contributed by atoms with E-state index < -0.39 is 30.4 Å². The molecule has 0 spiro atoms. The molecule has 2 atom stereocenters. The van der Waals surface area contributed by atoms with E-state index in [1.54, 1.807) is 0 Å². The van der Waals surface area contributed by atoms with Gasteiger partial charge >= 0.3 is 12.0 Å². The summed E-state index contributed by atoms with van der Waals surface area (Å²) in [7, 11) is 0. The van der Waals surface area contributed by atoms with Gasteiger partial charge in [0.2, 0.25) is 0 Å². The molecule has 1 aromatic rings. The summed E-state index contributed by atoms with van der Waals surface area (Å²) in [5, 5.41) is 2.54. The Morgan fingerprint density at radius 2 is 2.00 bits per heavy atom. The highest BCUT2D eigenvalue weighted by Crippen LogP contribution is 2.28. The minimum Gasteiger partial charge on any atom is -0.455 e. The van der Waals surface area contributed by atoms with E-state index in [1.807, 2.05) is 44.2 Å². The Bertz CT molecular complexity index is 573. The van der Waals surface area contributed by atoms with E-state index in [-0.39, 0.29) is 5.92 Å². The predicted octanol–water partition coefficient (Wildman–Crippen LogP) is 1.91. The number of rotatable bonds is 6. The highest BCUT2D eigenvalue weighted by Gasteiger charge is 2.30. The summed E-state index contributed by atoms with van der Waals surface area (Å²) in [5.41, 5.74) is 0.873. The van der Waals surface area contributed by atoms with Crippen molar-refractivity contribution >= 4 is 17.9 Å². The maximum atomic E-state index is 12.5. The van der Waals surface area contributed by atoms with Crippen molar-refractivity contribution in [3.63, 3.8) is 0 Å². The normalized spacial score (nSPS) is 16.6. The molecular formula is C17H22N2O4. The average molecular weight is 318 g/mol. The van der Waals surface area contributed by atoms with Crippen molar-refractivity contribution in [3.8, 4) is 0 Å². The van der Waals surface area contributed by atoms with Crippen LogP contribution in [0.25, 0.3) is 0 Å². The first-order valence-corrected chi connectivity index (χ1v) is 7.84. The summed E-state index contributed by atoms with van der Waals surface area (Å²) in [4.78, 5) is 36.9. The minimum atomic E-state index is -0.496. The van der Waals surface area contributed by atoms with E-state index >= 15 is 0 Å². The standard InChI is InChI=1S/C17H22N2O4/c1-3-12(2)15(13-7-5-4-6-8-13)16(21)23-11-14(20)19-10-9-18-17(19)22/h4-8,12,15H,3,9-11H2,1-2H3,(H,18,22)/t12-,15-/m0/s1. The Kier molecular flexibility index (Phi) is 5.73. The molecule has 1 heterocycles. The number of benzene rings is 1. The van der Waals surface area contributed by atoms with Crippen LogP contribution in [0.1, 0.15) is 31.7 Å². The number of nitrogens with zero attached hydrogens (tertiary/aromatic N) is 1. The molecule has 1 N–H and O–H groups in total. The number of imide groups is 1. The van der Waals surface area contributed by atoms with E-state index in [4.69, 9.17) is 4.74 Å². The molecule has 0 aliphatic carbocycles. The molecule has 3 amide bonds. The van der Waals surface area contributed by atoms with Gasteiger partial charge < -0.3 is 10.1 Å². The largest absolute Gasteiger partial charge is 0.455 e. The van der Waals surface area contributed by atoms with Gasteiger partial charge in [0, 0.05) is 13.1 Å². The van der Waals surface area contributed by atoms with Gasteiger partial charge in [-0.1, -0.05) is 50.6 Å². The molecule has 0 radical (unpaired) electrons. The molecule has 23 heavy (non-hydrogen) atoms. The molecule has 6 heteroatoms. The van der Waals surface area contributed by atoms with Crippen LogP contribution < -0.4 is 5.32 Å². The molecule has 1 aliphatic heterocycles. The number of nitrogens with one attached hydrogen (secondary N) is 1. The minimum absolute atomic E-state index is 0.0927. The van der Waals surface area contributed by atoms with E-state index in [0.29, 0.717) is 13.1 Å². The Balaban J connectivity index is 2.01. The second-order valence-corrected chi connectivity index (χ2v) is 5.66. The lowest BCUT2D eigenvalue weighted by molar-refractivity contribution is -0.153. The summed E-state index contributed by atoms with van der Waals surface area (Å²) in [6, 6.07) is 8.96. The number of hydrogen-bond acceptors (Lipinski definition) is 4. The van der Waals surface area contributed by atoms with Crippen LogP contribution in [0, 0.1) is 5.92 Å². The molecule has 0 aromatic heterocycles. The topological polar surface area (TPSA) is 75.7 Å². The van der Waals surface area contributed by atoms with E-state index in [9.17, 15) is 14.4 Å². The van der Waals surface area contributed by atoms with Gasteiger partial charge in [-0.05, 0) is 11.5 Å².